The van der Waals surface area contributed by atoms with Gasteiger partial charge in [0.25, 0.3) is 0 Å². The summed E-state index contributed by atoms with van der Waals surface area (Å²) in [6, 6.07) is 0. The molecule has 2 nitrogen and oxygen atoms in total. The van der Waals surface area contributed by atoms with Crippen LogP contribution in [0.3, 0.4) is 0 Å². The number of halogens is 1. The summed E-state index contributed by atoms with van der Waals surface area (Å²) in [6.07, 6.45) is 5.51. The molecule has 1 rings (SSSR count). The second-order valence-corrected chi connectivity index (χ2v) is 5.74. The molecule has 0 aliphatic carbocycles. The van der Waals surface area contributed by atoms with E-state index in [1.165, 1.54) is 57.2 Å². The highest BCUT2D eigenvalue weighted by Crippen LogP contribution is 2.20. The molecule has 90 valence electrons. The molecule has 0 N–H and O–H groups in total. The molecule has 0 aromatic carbocycles. The Balaban J connectivity index is 2.12. The Morgan fingerprint density at radius 3 is 2.87 bits per heavy atom. The van der Waals surface area contributed by atoms with E-state index in [4.69, 9.17) is 0 Å². The van der Waals surface area contributed by atoms with Crippen molar-refractivity contribution >= 4 is 15.9 Å². The minimum atomic E-state index is 0.942. The summed E-state index contributed by atoms with van der Waals surface area (Å²) in [5.74, 6) is 0.942. The molecule has 1 saturated heterocycles. The van der Waals surface area contributed by atoms with Gasteiger partial charge in [0.1, 0.15) is 0 Å². The van der Waals surface area contributed by atoms with Crippen LogP contribution in [0.25, 0.3) is 0 Å². The Kier molecular flexibility index (Phi) is 6.86. The number of hydrogen-bond acceptors (Lipinski definition) is 2. The highest BCUT2D eigenvalue weighted by atomic mass is 79.9. The first-order valence-corrected chi connectivity index (χ1v) is 7.27. The maximum atomic E-state index is 3.55. The lowest BCUT2D eigenvalue weighted by molar-refractivity contribution is 0.166. The topological polar surface area (TPSA) is 6.48 Å². The lowest BCUT2D eigenvalue weighted by Crippen LogP contribution is -2.37. The fourth-order valence-electron chi connectivity index (χ4n) is 2.35. The SMILES string of the molecule is CN(C)CCCN1CCCC(CCBr)C1. The molecule has 1 aliphatic heterocycles. The average molecular weight is 277 g/mol. The molecule has 1 aliphatic rings. The third-order valence-corrected chi connectivity index (χ3v) is 3.66. The first-order valence-electron chi connectivity index (χ1n) is 6.15. The summed E-state index contributed by atoms with van der Waals surface area (Å²) in [4.78, 5) is 4.93. The van der Waals surface area contributed by atoms with Crippen LogP contribution >= 0.6 is 15.9 Å². The average Bonchev–Trinajstić information content (AvgIpc) is 2.18. The number of hydrogen-bond donors (Lipinski definition) is 0. The van der Waals surface area contributed by atoms with Gasteiger partial charge in [0.2, 0.25) is 0 Å². The van der Waals surface area contributed by atoms with Gasteiger partial charge < -0.3 is 9.80 Å². The monoisotopic (exact) mass is 276 g/mol. The summed E-state index contributed by atoms with van der Waals surface area (Å²) >= 11 is 3.55. The Hall–Kier alpha value is 0.400. The van der Waals surface area contributed by atoms with Crippen LogP contribution in [0.1, 0.15) is 25.7 Å². The normalized spacial score (nSPS) is 23.6. The van der Waals surface area contributed by atoms with E-state index in [-0.39, 0.29) is 0 Å². The zero-order chi connectivity index (χ0) is 11.1. The lowest BCUT2D eigenvalue weighted by atomic mass is 9.95. The van der Waals surface area contributed by atoms with Crippen molar-refractivity contribution in [2.75, 3.05) is 45.6 Å². The fourth-order valence-corrected chi connectivity index (χ4v) is 3.00. The Labute approximate surface area is 103 Å². The maximum Gasteiger partial charge on any atom is 0.00344 e. The first-order chi connectivity index (χ1) is 7.22. The number of nitrogens with zero attached hydrogens (tertiary/aromatic N) is 2. The Morgan fingerprint density at radius 1 is 1.40 bits per heavy atom. The van der Waals surface area contributed by atoms with Gasteiger partial charge in [-0.15, -0.1) is 0 Å². The first kappa shape index (κ1) is 13.5. The van der Waals surface area contributed by atoms with Crippen molar-refractivity contribution in [1.82, 2.24) is 9.80 Å². The van der Waals surface area contributed by atoms with E-state index in [0.29, 0.717) is 0 Å². The Bertz CT molecular complexity index is 160. The van der Waals surface area contributed by atoms with Crippen molar-refractivity contribution in [3.05, 3.63) is 0 Å². The van der Waals surface area contributed by atoms with Crippen LogP contribution in [-0.4, -0.2) is 55.4 Å². The third-order valence-electron chi connectivity index (χ3n) is 3.20. The van der Waals surface area contributed by atoms with Gasteiger partial charge >= 0.3 is 0 Å². The minimum absolute atomic E-state index is 0.942. The zero-order valence-corrected chi connectivity index (χ0v) is 11.8. The number of rotatable bonds is 6. The largest absolute Gasteiger partial charge is 0.309 e. The molecular formula is C12H25BrN2. The lowest BCUT2D eigenvalue weighted by Gasteiger charge is -2.32. The zero-order valence-electron chi connectivity index (χ0n) is 10.2. The standard InChI is InChI=1S/C12H25BrN2/c1-14(2)8-4-10-15-9-3-5-12(11-15)6-7-13/h12H,3-11H2,1-2H3. The van der Waals surface area contributed by atoms with E-state index >= 15 is 0 Å². The van der Waals surface area contributed by atoms with Gasteiger partial charge in [-0.05, 0) is 65.3 Å². The molecule has 0 spiro atoms. The van der Waals surface area contributed by atoms with E-state index in [0.717, 1.165) is 5.92 Å². The maximum absolute atomic E-state index is 3.55. The van der Waals surface area contributed by atoms with Crippen LogP contribution in [0.2, 0.25) is 0 Å². The van der Waals surface area contributed by atoms with Gasteiger partial charge in [0.15, 0.2) is 0 Å². The van der Waals surface area contributed by atoms with Crippen LogP contribution in [-0.2, 0) is 0 Å². The molecule has 0 radical (unpaired) electrons. The molecule has 0 saturated carbocycles. The molecule has 1 unspecified atom stereocenters. The van der Waals surface area contributed by atoms with E-state index < -0.39 is 0 Å². The molecular weight excluding hydrogens is 252 g/mol. The van der Waals surface area contributed by atoms with Crippen LogP contribution in [0.4, 0.5) is 0 Å². The van der Waals surface area contributed by atoms with Gasteiger partial charge in [-0.2, -0.15) is 0 Å². The van der Waals surface area contributed by atoms with Crippen LogP contribution in [0.5, 0.6) is 0 Å². The van der Waals surface area contributed by atoms with Crippen molar-refractivity contribution in [3.8, 4) is 0 Å². The van der Waals surface area contributed by atoms with Gasteiger partial charge in [0, 0.05) is 11.9 Å². The summed E-state index contributed by atoms with van der Waals surface area (Å²) in [6.45, 7) is 5.17. The molecule has 15 heavy (non-hydrogen) atoms. The van der Waals surface area contributed by atoms with Crippen LogP contribution in [0.15, 0.2) is 0 Å². The van der Waals surface area contributed by atoms with Crippen LogP contribution < -0.4 is 0 Å². The van der Waals surface area contributed by atoms with Crippen molar-refractivity contribution in [1.29, 1.82) is 0 Å². The van der Waals surface area contributed by atoms with Crippen molar-refractivity contribution in [2.24, 2.45) is 5.92 Å². The van der Waals surface area contributed by atoms with E-state index in [2.05, 4.69) is 39.8 Å². The van der Waals surface area contributed by atoms with E-state index in [1.54, 1.807) is 0 Å². The predicted molar refractivity (Wildman–Crippen MR) is 70.7 cm³/mol. The molecule has 1 atom stereocenters. The van der Waals surface area contributed by atoms with Crippen molar-refractivity contribution in [2.45, 2.75) is 25.7 Å². The van der Waals surface area contributed by atoms with Crippen molar-refractivity contribution in [3.63, 3.8) is 0 Å². The van der Waals surface area contributed by atoms with Crippen molar-refractivity contribution < 1.29 is 0 Å². The third kappa shape index (κ3) is 5.88. The highest BCUT2D eigenvalue weighted by Gasteiger charge is 2.18. The smallest absolute Gasteiger partial charge is 0.00344 e. The number of alkyl halides is 1. The fraction of sp³-hybridized carbons (Fsp3) is 1.00. The molecule has 0 bridgehead atoms. The second-order valence-electron chi connectivity index (χ2n) is 4.94. The minimum Gasteiger partial charge on any atom is -0.309 e. The van der Waals surface area contributed by atoms with Gasteiger partial charge in [-0.1, -0.05) is 15.9 Å². The predicted octanol–water partition coefficient (Wildman–Crippen LogP) is 2.44. The van der Waals surface area contributed by atoms with Gasteiger partial charge in [0.05, 0.1) is 0 Å². The Morgan fingerprint density at radius 2 is 2.20 bits per heavy atom. The van der Waals surface area contributed by atoms with Gasteiger partial charge in [-0.25, -0.2) is 0 Å². The second kappa shape index (κ2) is 7.64. The highest BCUT2D eigenvalue weighted by molar-refractivity contribution is 9.09. The number of likely N-dealkylation sites (tertiary alicyclic amines) is 1. The summed E-state index contributed by atoms with van der Waals surface area (Å²) in [7, 11) is 4.31. The molecule has 0 aromatic rings. The molecule has 0 aromatic heterocycles. The number of piperidine rings is 1. The van der Waals surface area contributed by atoms with E-state index in [1.807, 2.05) is 0 Å². The van der Waals surface area contributed by atoms with Gasteiger partial charge in [-0.3, -0.25) is 0 Å². The summed E-state index contributed by atoms with van der Waals surface area (Å²) < 4.78 is 0. The molecule has 3 heteroatoms. The quantitative estimate of drug-likeness (QED) is 0.688. The molecule has 0 amide bonds. The summed E-state index contributed by atoms with van der Waals surface area (Å²) in [5.41, 5.74) is 0. The van der Waals surface area contributed by atoms with Crippen LogP contribution in [0, 0.1) is 5.92 Å². The summed E-state index contributed by atoms with van der Waals surface area (Å²) in [5, 5.41) is 1.17. The molecule has 1 fully saturated rings. The van der Waals surface area contributed by atoms with E-state index in [9.17, 15) is 0 Å². The molecule has 1 heterocycles.